The molecule has 7 heavy (non-hydrogen) atoms. The number of allylic oxidation sites excluding steroid dienone is 2. The molecule has 0 atom stereocenters. The van der Waals surface area contributed by atoms with Crippen LogP contribution in [0.25, 0.3) is 0 Å². The van der Waals surface area contributed by atoms with Crippen molar-refractivity contribution in [3.63, 3.8) is 0 Å². The quantitative estimate of drug-likeness (QED) is 0.464. The molecule has 0 spiro atoms. The predicted octanol–water partition coefficient (Wildman–Crippen LogP) is 0.267. The molecule has 0 saturated carbocycles. The fourth-order valence-corrected chi connectivity index (χ4v) is 0.385. The molecule has 0 saturated heterocycles. The van der Waals surface area contributed by atoms with Crippen molar-refractivity contribution in [1.29, 1.82) is 0 Å². The first-order chi connectivity index (χ1) is 3.39. The van der Waals surface area contributed by atoms with Crippen LogP contribution in [0.15, 0.2) is 18.5 Å². The van der Waals surface area contributed by atoms with Crippen molar-refractivity contribution in [3.05, 3.63) is 24.6 Å². The summed E-state index contributed by atoms with van der Waals surface area (Å²) in [7, 11) is 1.92. The third kappa shape index (κ3) is 0.961. The van der Waals surface area contributed by atoms with Gasteiger partial charge in [-0.2, -0.15) is 0 Å². The van der Waals surface area contributed by atoms with Gasteiger partial charge in [0.15, 0.2) is 0 Å². The summed E-state index contributed by atoms with van der Waals surface area (Å²) in [6, 6.07) is 0. The molecule has 1 N–H and O–H groups in total. The second-order valence-electron chi connectivity index (χ2n) is 1.37. The lowest BCUT2D eigenvalue weighted by Crippen LogP contribution is -2.25. The maximum Gasteiger partial charge on any atom is 0.0274 e. The zero-order chi connectivity index (χ0) is 5.11. The molecule has 0 amide bonds. The SMILES string of the molecule is CN1C=C[C]=CN1. The van der Waals surface area contributed by atoms with Crippen molar-refractivity contribution in [1.82, 2.24) is 10.4 Å². The summed E-state index contributed by atoms with van der Waals surface area (Å²) in [6.45, 7) is 0. The second-order valence-corrected chi connectivity index (χ2v) is 1.37. The molecule has 0 aromatic heterocycles. The fraction of sp³-hybridized carbons (Fsp3) is 0.200. The highest BCUT2D eigenvalue weighted by Crippen LogP contribution is 1.84. The summed E-state index contributed by atoms with van der Waals surface area (Å²) >= 11 is 0. The first-order valence-corrected chi connectivity index (χ1v) is 2.13. The van der Waals surface area contributed by atoms with Crippen LogP contribution in [0.2, 0.25) is 0 Å². The molecule has 1 rings (SSSR count). The highest BCUT2D eigenvalue weighted by atomic mass is 15.5. The van der Waals surface area contributed by atoms with Gasteiger partial charge in [0.25, 0.3) is 0 Å². The van der Waals surface area contributed by atoms with E-state index < -0.39 is 0 Å². The molecule has 2 heteroatoms. The lowest BCUT2D eigenvalue weighted by Gasteiger charge is -2.14. The molecule has 0 aromatic rings. The number of nitrogens with zero attached hydrogens (tertiary/aromatic N) is 1. The summed E-state index contributed by atoms with van der Waals surface area (Å²) in [6.07, 6.45) is 8.34. The Hall–Kier alpha value is -0.920. The van der Waals surface area contributed by atoms with Gasteiger partial charge in [-0.1, -0.05) is 0 Å². The third-order valence-electron chi connectivity index (χ3n) is 0.746. The minimum Gasteiger partial charge on any atom is -0.306 e. The van der Waals surface area contributed by atoms with Crippen LogP contribution >= 0.6 is 0 Å². The summed E-state index contributed by atoms with van der Waals surface area (Å²) in [4.78, 5) is 0. The minimum atomic E-state index is 1.75. The molecule has 37 valence electrons. The van der Waals surface area contributed by atoms with Crippen LogP contribution in [0.3, 0.4) is 0 Å². The Morgan fingerprint density at radius 2 is 2.57 bits per heavy atom. The predicted molar refractivity (Wildman–Crippen MR) is 27.9 cm³/mol. The molecule has 0 aromatic carbocycles. The average molecular weight is 95.1 g/mol. The molecule has 0 bridgehead atoms. The average Bonchev–Trinajstić information content (AvgIpc) is 1.69. The van der Waals surface area contributed by atoms with Gasteiger partial charge in [0.1, 0.15) is 0 Å². The van der Waals surface area contributed by atoms with E-state index in [2.05, 4.69) is 11.5 Å². The Labute approximate surface area is 43.1 Å². The van der Waals surface area contributed by atoms with Gasteiger partial charge in [0.2, 0.25) is 0 Å². The van der Waals surface area contributed by atoms with Gasteiger partial charge in [0.05, 0.1) is 0 Å². The van der Waals surface area contributed by atoms with Gasteiger partial charge in [-0.05, 0) is 6.08 Å². The number of hydrazine groups is 1. The summed E-state index contributed by atoms with van der Waals surface area (Å²) < 4.78 is 0. The first-order valence-electron chi connectivity index (χ1n) is 2.13. The van der Waals surface area contributed by atoms with Crippen LogP contribution in [0, 0.1) is 6.08 Å². The Balaban J connectivity index is 2.49. The number of hydrogen-bond donors (Lipinski definition) is 1. The van der Waals surface area contributed by atoms with Gasteiger partial charge in [0, 0.05) is 25.5 Å². The van der Waals surface area contributed by atoms with E-state index in [9.17, 15) is 0 Å². The topological polar surface area (TPSA) is 15.3 Å². The zero-order valence-electron chi connectivity index (χ0n) is 4.18. The van der Waals surface area contributed by atoms with E-state index >= 15 is 0 Å². The molecular weight excluding hydrogens is 88.1 g/mol. The van der Waals surface area contributed by atoms with E-state index in [4.69, 9.17) is 0 Å². The van der Waals surface area contributed by atoms with Crippen molar-refractivity contribution in [3.8, 4) is 0 Å². The molecular formula is C5H7N2. The van der Waals surface area contributed by atoms with Crippen LogP contribution < -0.4 is 5.43 Å². The molecule has 1 heterocycles. The summed E-state index contributed by atoms with van der Waals surface area (Å²) in [5.74, 6) is 0. The highest BCUT2D eigenvalue weighted by Gasteiger charge is 1.83. The number of nitrogens with one attached hydrogen (secondary N) is 1. The summed E-state index contributed by atoms with van der Waals surface area (Å²) in [5.41, 5.74) is 2.89. The monoisotopic (exact) mass is 95.1 g/mol. The van der Waals surface area contributed by atoms with E-state index in [1.807, 2.05) is 24.3 Å². The largest absolute Gasteiger partial charge is 0.306 e. The second kappa shape index (κ2) is 1.69. The zero-order valence-corrected chi connectivity index (χ0v) is 4.18. The van der Waals surface area contributed by atoms with E-state index in [1.165, 1.54) is 0 Å². The lowest BCUT2D eigenvalue weighted by atomic mass is 10.5. The van der Waals surface area contributed by atoms with Crippen LogP contribution in [-0.4, -0.2) is 12.1 Å². The van der Waals surface area contributed by atoms with Crippen molar-refractivity contribution >= 4 is 0 Å². The van der Waals surface area contributed by atoms with E-state index in [0.717, 1.165) is 0 Å². The first kappa shape index (κ1) is 4.24. The minimum absolute atomic E-state index is 1.75. The Morgan fingerprint density at radius 1 is 1.71 bits per heavy atom. The standard InChI is InChI=1S/C5H7N2/c1-7-5-3-2-4-6-7/h3-6H,1H3. The van der Waals surface area contributed by atoms with Gasteiger partial charge in [-0.3, -0.25) is 5.01 Å². The molecule has 1 radical (unpaired) electrons. The number of hydrogen-bond acceptors (Lipinski definition) is 2. The maximum absolute atomic E-state index is 2.89. The molecule has 2 nitrogen and oxygen atoms in total. The Morgan fingerprint density at radius 3 is 2.86 bits per heavy atom. The van der Waals surface area contributed by atoms with Crippen molar-refractivity contribution in [2.75, 3.05) is 7.05 Å². The Kier molecular flexibility index (Phi) is 1.02. The van der Waals surface area contributed by atoms with Crippen molar-refractivity contribution in [2.45, 2.75) is 0 Å². The van der Waals surface area contributed by atoms with E-state index in [0.29, 0.717) is 0 Å². The summed E-state index contributed by atoms with van der Waals surface area (Å²) in [5, 5.41) is 1.84. The normalized spacial score (nSPS) is 17.0. The van der Waals surface area contributed by atoms with E-state index in [1.54, 1.807) is 6.20 Å². The van der Waals surface area contributed by atoms with Gasteiger partial charge >= 0.3 is 0 Å². The molecule has 1 aliphatic rings. The van der Waals surface area contributed by atoms with Crippen molar-refractivity contribution < 1.29 is 0 Å². The lowest BCUT2D eigenvalue weighted by molar-refractivity contribution is 0.381. The van der Waals surface area contributed by atoms with Crippen molar-refractivity contribution in [2.24, 2.45) is 0 Å². The molecule has 0 aliphatic carbocycles. The number of rotatable bonds is 0. The van der Waals surface area contributed by atoms with Gasteiger partial charge in [-0.25, -0.2) is 0 Å². The maximum atomic E-state index is 2.89. The molecule has 0 unspecified atom stereocenters. The van der Waals surface area contributed by atoms with Crippen LogP contribution in [-0.2, 0) is 0 Å². The van der Waals surface area contributed by atoms with Crippen LogP contribution in [0.5, 0.6) is 0 Å². The highest BCUT2D eigenvalue weighted by molar-refractivity contribution is 4.96. The fourth-order valence-electron chi connectivity index (χ4n) is 0.385. The van der Waals surface area contributed by atoms with Crippen LogP contribution in [0.1, 0.15) is 0 Å². The Bertz CT molecular complexity index is 105. The molecule has 0 fully saturated rings. The van der Waals surface area contributed by atoms with E-state index in [-0.39, 0.29) is 0 Å². The van der Waals surface area contributed by atoms with Crippen LogP contribution in [0.4, 0.5) is 0 Å². The van der Waals surface area contributed by atoms with Gasteiger partial charge < -0.3 is 5.43 Å². The van der Waals surface area contributed by atoms with Gasteiger partial charge in [-0.15, -0.1) is 0 Å². The smallest absolute Gasteiger partial charge is 0.0274 e. The third-order valence-corrected chi connectivity index (χ3v) is 0.746. The molecule has 1 aliphatic heterocycles.